The number of aliphatic hydroxyl groups is 1. The fourth-order valence-corrected chi connectivity index (χ4v) is 6.69. The zero-order valence-corrected chi connectivity index (χ0v) is 24.2. The summed E-state index contributed by atoms with van der Waals surface area (Å²) in [5.41, 5.74) is 3.85. The third kappa shape index (κ3) is 4.98. The molecule has 3 aliphatic rings. The lowest BCUT2D eigenvalue weighted by Crippen LogP contribution is -2.74. The van der Waals surface area contributed by atoms with Crippen molar-refractivity contribution in [2.45, 2.75) is 51.8 Å². The van der Waals surface area contributed by atoms with E-state index >= 15 is 0 Å². The summed E-state index contributed by atoms with van der Waals surface area (Å²) in [5.74, 6) is -10.8. The van der Waals surface area contributed by atoms with Gasteiger partial charge in [-0.05, 0) is 49.9 Å². The smallest absolute Gasteiger partial charge is 0.235 e. The molecule has 0 aliphatic heterocycles. The van der Waals surface area contributed by atoms with E-state index in [-0.39, 0.29) is 36.1 Å². The van der Waals surface area contributed by atoms with Crippen molar-refractivity contribution in [2.75, 3.05) is 27.7 Å². The molecule has 12 heteroatoms. The zero-order chi connectivity index (χ0) is 30.6. The Morgan fingerprint density at radius 3 is 2.46 bits per heavy atom. The highest BCUT2D eigenvalue weighted by Gasteiger charge is 2.69. The normalized spacial score (nSPS) is 29.9. The standard InChI is InChI=1S/C29H38N4O8/c1-28(2,3)12-31-10-15-7-14(11-32-41-6)16-8-13-9-17-21(33(4)5)24(36)20(27(30)39)26(38)29(17,40)25(37)18(13)23(35)19(16)22(15)34/h7,11,13,17-18,20-21,31,34,40H,8-10,12H2,1-6H3,(H2,30,39)/b32-11-/t13-,17-,18?,20?,21-,29-/m0/s1. The number of phenolic OH excluding ortho intramolecular Hbond substituents is 1. The number of nitrogens with two attached hydrogens (primary N) is 1. The van der Waals surface area contributed by atoms with Crippen LogP contribution in [-0.4, -0.2) is 89.8 Å². The Labute approximate surface area is 238 Å². The maximum Gasteiger partial charge on any atom is 0.235 e. The van der Waals surface area contributed by atoms with Gasteiger partial charge in [0, 0.05) is 30.1 Å². The maximum absolute atomic E-state index is 14.0. The number of hydrogen-bond donors (Lipinski definition) is 4. The average Bonchev–Trinajstić information content (AvgIpc) is 2.85. The number of nitrogens with one attached hydrogen (secondary N) is 1. The van der Waals surface area contributed by atoms with Crippen LogP contribution < -0.4 is 11.1 Å². The summed E-state index contributed by atoms with van der Waals surface area (Å²) in [4.78, 5) is 73.2. The van der Waals surface area contributed by atoms with Crippen LogP contribution in [0.1, 0.15) is 54.2 Å². The number of likely N-dealkylation sites (N-methyl/N-ethyl adjacent to an activating group) is 1. The van der Waals surface area contributed by atoms with Crippen LogP contribution in [0.3, 0.4) is 0 Å². The summed E-state index contributed by atoms with van der Waals surface area (Å²) in [6, 6.07) is 0.546. The van der Waals surface area contributed by atoms with E-state index in [4.69, 9.17) is 10.6 Å². The predicted octanol–water partition coefficient (Wildman–Crippen LogP) is -0.0170. The summed E-state index contributed by atoms with van der Waals surface area (Å²) < 4.78 is 0. The van der Waals surface area contributed by atoms with Gasteiger partial charge in [-0.15, -0.1) is 0 Å². The number of benzene rings is 1. The molecule has 2 fully saturated rings. The number of oxime groups is 1. The van der Waals surface area contributed by atoms with Crippen molar-refractivity contribution in [2.24, 2.45) is 40.0 Å². The van der Waals surface area contributed by atoms with Crippen molar-refractivity contribution in [3.63, 3.8) is 0 Å². The molecule has 0 saturated heterocycles. The molecule has 41 heavy (non-hydrogen) atoms. The van der Waals surface area contributed by atoms with E-state index in [1.165, 1.54) is 18.2 Å². The lowest BCUT2D eigenvalue weighted by Gasteiger charge is -2.52. The molecule has 5 N–H and O–H groups in total. The minimum Gasteiger partial charge on any atom is -0.507 e. The zero-order valence-electron chi connectivity index (χ0n) is 24.2. The van der Waals surface area contributed by atoms with Gasteiger partial charge in [0.15, 0.2) is 34.7 Å². The largest absolute Gasteiger partial charge is 0.507 e. The Morgan fingerprint density at radius 1 is 1.24 bits per heavy atom. The minimum absolute atomic E-state index is 0.0274. The molecule has 0 radical (unpaired) electrons. The number of phenols is 1. The number of fused-ring (bicyclic) bond motifs is 3. The number of primary amides is 1. The van der Waals surface area contributed by atoms with Gasteiger partial charge in [0.25, 0.3) is 0 Å². The fraction of sp³-hybridized carbons (Fsp3) is 0.586. The molecule has 4 rings (SSSR count). The van der Waals surface area contributed by atoms with Crippen molar-refractivity contribution in [1.29, 1.82) is 0 Å². The monoisotopic (exact) mass is 570 g/mol. The van der Waals surface area contributed by atoms with E-state index in [9.17, 15) is 34.2 Å². The molecule has 6 atom stereocenters. The van der Waals surface area contributed by atoms with Crippen LogP contribution in [0.2, 0.25) is 0 Å². The molecular formula is C29H38N4O8. The first-order chi connectivity index (χ1) is 19.1. The van der Waals surface area contributed by atoms with Crippen molar-refractivity contribution < 1.29 is 39.0 Å². The average molecular weight is 571 g/mol. The van der Waals surface area contributed by atoms with Crippen molar-refractivity contribution in [3.8, 4) is 5.75 Å². The minimum atomic E-state index is -2.77. The Balaban J connectivity index is 1.84. The molecular weight excluding hydrogens is 532 g/mol. The van der Waals surface area contributed by atoms with Gasteiger partial charge >= 0.3 is 0 Å². The van der Waals surface area contributed by atoms with Crippen LogP contribution in [0.15, 0.2) is 11.2 Å². The second-order valence-corrected chi connectivity index (χ2v) is 12.7. The number of carbonyl (C=O) groups excluding carboxylic acids is 5. The van der Waals surface area contributed by atoms with E-state index in [2.05, 4.69) is 10.5 Å². The van der Waals surface area contributed by atoms with Crippen LogP contribution >= 0.6 is 0 Å². The molecule has 0 bridgehead atoms. The number of ketones is 4. The summed E-state index contributed by atoms with van der Waals surface area (Å²) in [6.45, 7) is 6.97. The van der Waals surface area contributed by atoms with E-state index < -0.39 is 64.4 Å². The highest BCUT2D eigenvalue weighted by atomic mass is 16.6. The number of nitrogens with zero attached hydrogens (tertiary/aromatic N) is 2. The van der Waals surface area contributed by atoms with E-state index in [1.807, 2.05) is 20.8 Å². The molecule has 2 saturated carbocycles. The van der Waals surface area contributed by atoms with Gasteiger partial charge in [0.05, 0.1) is 23.7 Å². The fourth-order valence-electron chi connectivity index (χ4n) is 6.69. The molecule has 3 aliphatic carbocycles. The third-order valence-electron chi connectivity index (χ3n) is 8.44. The van der Waals surface area contributed by atoms with Gasteiger partial charge in [0.1, 0.15) is 12.9 Å². The highest BCUT2D eigenvalue weighted by Crippen LogP contribution is 2.51. The first-order valence-electron chi connectivity index (χ1n) is 13.6. The third-order valence-corrected chi connectivity index (χ3v) is 8.44. The molecule has 222 valence electrons. The second kappa shape index (κ2) is 10.7. The van der Waals surface area contributed by atoms with Crippen molar-refractivity contribution in [3.05, 3.63) is 28.3 Å². The molecule has 1 aromatic carbocycles. The second-order valence-electron chi connectivity index (χ2n) is 12.7. The Kier molecular flexibility index (Phi) is 7.98. The van der Waals surface area contributed by atoms with Crippen LogP contribution in [0.5, 0.6) is 5.75 Å². The Hall–Kier alpha value is -3.48. The molecule has 0 heterocycles. The predicted molar refractivity (Wildman–Crippen MR) is 147 cm³/mol. The van der Waals surface area contributed by atoms with Crippen molar-refractivity contribution in [1.82, 2.24) is 10.2 Å². The summed E-state index contributed by atoms with van der Waals surface area (Å²) >= 11 is 0. The number of hydrogen-bond acceptors (Lipinski definition) is 11. The van der Waals surface area contributed by atoms with E-state index in [0.717, 1.165) is 0 Å². The lowest BCUT2D eigenvalue weighted by molar-refractivity contribution is -0.181. The number of aromatic hydroxyl groups is 1. The topological polar surface area (TPSA) is 189 Å². The molecule has 12 nitrogen and oxygen atoms in total. The molecule has 1 aromatic rings. The SMILES string of the molecule is CO/N=C\c1cc(CNCC(C)(C)C)c(O)c2c1C[C@H]1C[C@H]3[C@H](N(C)C)C(=O)C(C(N)=O)C(=O)[C@@]3(O)C(=O)C1C2=O. The van der Waals surface area contributed by atoms with E-state index in [0.29, 0.717) is 23.2 Å². The first kappa shape index (κ1) is 30.5. The Morgan fingerprint density at radius 2 is 1.90 bits per heavy atom. The van der Waals surface area contributed by atoms with Gasteiger partial charge in [-0.1, -0.05) is 25.9 Å². The number of amides is 1. The Bertz CT molecular complexity index is 1350. The van der Waals surface area contributed by atoms with Crippen LogP contribution in [0, 0.1) is 29.1 Å². The van der Waals surface area contributed by atoms with Gasteiger partial charge in [-0.3, -0.25) is 28.9 Å². The van der Waals surface area contributed by atoms with Crippen LogP contribution in [0.4, 0.5) is 0 Å². The van der Waals surface area contributed by atoms with Crippen LogP contribution in [-0.2, 0) is 37.0 Å². The summed E-state index contributed by atoms with van der Waals surface area (Å²) in [5, 5.41) is 30.1. The lowest BCUT2D eigenvalue weighted by atomic mass is 9.52. The molecule has 0 aromatic heterocycles. The first-order valence-corrected chi connectivity index (χ1v) is 13.6. The number of rotatable bonds is 7. The van der Waals surface area contributed by atoms with E-state index in [1.54, 1.807) is 20.2 Å². The summed E-state index contributed by atoms with van der Waals surface area (Å²) in [7, 11) is 4.46. The van der Waals surface area contributed by atoms with Gasteiger partial charge in [0.2, 0.25) is 5.91 Å². The maximum atomic E-state index is 14.0. The van der Waals surface area contributed by atoms with Gasteiger partial charge in [-0.2, -0.15) is 0 Å². The van der Waals surface area contributed by atoms with Crippen LogP contribution in [0.25, 0.3) is 0 Å². The quantitative estimate of drug-likeness (QED) is 0.197. The van der Waals surface area contributed by atoms with Crippen molar-refractivity contribution >= 4 is 35.3 Å². The summed E-state index contributed by atoms with van der Waals surface area (Å²) in [6.07, 6.45) is 1.54. The number of carbonyl (C=O) groups is 5. The van der Waals surface area contributed by atoms with Gasteiger partial charge < -0.3 is 26.1 Å². The molecule has 2 unspecified atom stereocenters. The molecule has 0 spiro atoms. The molecule has 1 amide bonds. The highest BCUT2D eigenvalue weighted by molar-refractivity contribution is 6.32. The van der Waals surface area contributed by atoms with Gasteiger partial charge in [-0.25, -0.2) is 0 Å². The number of Topliss-reactive ketones (excluding diaryl/α,β-unsaturated/α-hetero) is 4.